The molecule has 0 saturated carbocycles. The number of pyridine rings is 1. The van der Waals surface area contributed by atoms with E-state index in [1.165, 1.54) is 7.11 Å². The molecule has 0 amide bonds. The number of methoxy groups -OCH3 is 2. The van der Waals surface area contributed by atoms with Gasteiger partial charge in [-0.2, -0.15) is 0 Å². The smallest absolute Gasteiger partial charge is 0.307 e. The summed E-state index contributed by atoms with van der Waals surface area (Å²) in [7, 11) is 3.05. The summed E-state index contributed by atoms with van der Waals surface area (Å²) in [4.78, 5) is 17.2. The fourth-order valence-electron chi connectivity index (χ4n) is 1.45. The third-order valence-electron chi connectivity index (χ3n) is 2.41. The maximum atomic E-state index is 11.1. The Labute approximate surface area is 101 Å². The summed E-state index contributed by atoms with van der Waals surface area (Å²) >= 11 is 0. The molecule has 1 aromatic rings. The number of anilines is 1. The Kier molecular flexibility index (Phi) is 6.03. The van der Waals surface area contributed by atoms with E-state index in [-0.39, 0.29) is 5.97 Å². The molecular formula is C12H18N2O3. The van der Waals surface area contributed by atoms with Crippen LogP contribution in [0.4, 0.5) is 5.69 Å². The highest BCUT2D eigenvalue weighted by Crippen LogP contribution is 2.12. The molecule has 94 valence electrons. The third-order valence-corrected chi connectivity index (χ3v) is 2.41. The van der Waals surface area contributed by atoms with E-state index in [1.54, 1.807) is 19.5 Å². The predicted molar refractivity (Wildman–Crippen MR) is 65.0 cm³/mol. The van der Waals surface area contributed by atoms with Gasteiger partial charge in [0.2, 0.25) is 0 Å². The number of esters is 1. The van der Waals surface area contributed by atoms with Gasteiger partial charge in [-0.25, -0.2) is 0 Å². The number of nitrogens with zero attached hydrogens (tertiary/aromatic N) is 2. The Bertz CT molecular complexity index is 330. The van der Waals surface area contributed by atoms with Crippen molar-refractivity contribution >= 4 is 11.7 Å². The maximum Gasteiger partial charge on any atom is 0.307 e. The average molecular weight is 238 g/mol. The molecule has 5 heteroatoms. The van der Waals surface area contributed by atoms with Crippen molar-refractivity contribution in [2.75, 3.05) is 38.8 Å². The number of hydrogen-bond acceptors (Lipinski definition) is 5. The Morgan fingerprint density at radius 1 is 1.29 bits per heavy atom. The lowest BCUT2D eigenvalue weighted by atomic mass is 10.3. The summed E-state index contributed by atoms with van der Waals surface area (Å²) in [6, 6.07) is 3.82. The van der Waals surface area contributed by atoms with Gasteiger partial charge in [-0.1, -0.05) is 0 Å². The number of rotatable bonds is 7. The molecule has 0 aliphatic heterocycles. The van der Waals surface area contributed by atoms with Crippen LogP contribution >= 0.6 is 0 Å². The number of carbonyl (C=O) groups excluding carboxylic acids is 1. The Morgan fingerprint density at radius 2 is 2.00 bits per heavy atom. The first kappa shape index (κ1) is 13.4. The first-order valence-electron chi connectivity index (χ1n) is 5.48. The van der Waals surface area contributed by atoms with Gasteiger partial charge in [0.1, 0.15) is 0 Å². The average Bonchev–Trinajstić information content (AvgIpc) is 2.39. The van der Waals surface area contributed by atoms with Crippen molar-refractivity contribution in [2.45, 2.75) is 6.42 Å². The van der Waals surface area contributed by atoms with Crippen LogP contribution in [0.5, 0.6) is 0 Å². The zero-order valence-electron chi connectivity index (χ0n) is 10.3. The summed E-state index contributed by atoms with van der Waals surface area (Å²) in [5, 5.41) is 0. The van der Waals surface area contributed by atoms with E-state index in [4.69, 9.17) is 4.74 Å². The van der Waals surface area contributed by atoms with E-state index in [2.05, 4.69) is 14.6 Å². The van der Waals surface area contributed by atoms with Crippen molar-refractivity contribution < 1.29 is 14.3 Å². The fourth-order valence-corrected chi connectivity index (χ4v) is 1.45. The summed E-state index contributed by atoms with van der Waals surface area (Å²) in [5.74, 6) is -0.207. The lowest BCUT2D eigenvalue weighted by Gasteiger charge is -2.23. The molecule has 0 aliphatic rings. The second-order valence-electron chi connectivity index (χ2n) is 3.51. The molecule has 0 bridgehead atoms. The van der Waals surface area contributed by atoms with E-state index < -0.39 is 0 Å². The zero-order valence-corrected chi connectivity index (χ0v) is 10.3. The predicted octanol–water partition coefficient (Wildman–Crippen LogP) is 1.10. The van der Waals surface area contributed by atoms with Gasteiger partial charge in [0.25, 0.3) is 0 Å². The Morgan fingerprint density at radius 3 is 2.59 bits per heavy atom. The van der Waals surface area contributed by atoms with E-state index in [0.717, 1.165) is 12.2 Å². The molecule has 0 aromatic carbocycles. The van der Waals surface area contributed by atoms with Gasteiger partial charge in [0.15, 0.2) is 0 Å². The summed E-state index contributed by atoms with van der Waals surface area (Å²) in [5.41, 5.74) is 1.03. The molecule has 0 fully saturated rings. The van der Waals surface area contributed by atoms with Crippen molar-refractivity contribution in [2.24, 2.45) is 0 Å². The molecule has 17 heavy (non-hydrogen) atoms. The standard InChI is InChI=1S/C12H18N2O3/c1-16-10-9-14(8-5-12(15)17-2)11-3-6-13-7-4-11/h3-4,6-7H,5,8-10H2,1-2H3. The Hall–Kier alpha value is -1.62. The van der Waals surface area contributed by atoms with Crippen molar-refractivity contribution in [3.05, 3.63) is 24.5 Å². The van der Waals surface area contributed by atoms with Gasteiger partial charge in [0, 0.05) is 38.3 Å². The van der Waals surface area contributed by atoms with Crippen LogP contribution in [-0.4, -0.2) is 44.9 Å². The van der Waals surface area contributed by atoms with E-state index >= 15 is 0 Å². The lowest BCUT2D eigenvalue weighted by molar-refractivity contribution is -0.140. The van der Waals surface area contributed by atoms with Crippen LogP contribution in [0.15, 0.2) is 24.5 Å². The van der Waals surface area contributed by atoms with Gasteiger partial charge in [-0.3, -0.25) is 9.78 Å². The molecular weight excluding hydrogens is 220 g/mol. The SMILES string of the molecule is COCCN(CCC(=O)OC)c1ccncc1. The first-order chi connectivity index (χ1) is 8.27. The Balaban J connectivity index is 2.57. The zero-order chi connectivity index (χ0) is 12.5. The van der Waals surface area contributed by atoms with Gasteiger partial charge in [-0.05, 0) is 12.1 Å². The second kappa shape index (κ2) is 7.62. The van der Waals surface area contributed by atoms with Gasteiger partial charge >= 0.3 is 5.97 Å². The molecule has 0 saturated heterocycles. The van der Waals surface area contributed by atoms with Crippen molar-refractivity contribution in [3.8, 4) is 0 Å². The van der Waals surface area contributed by atoms with Crippen molar-refractivity contribution in [3.63, 3.8) is 0 Å². The van der Waals surface area contributed by atoms with Crippen LogP contribution < -0.4 is 4.90 Å². The monoisotopic (exact) mass is 238 g/mol. The minimum Gasteiger partial charge on any atom is -0.469 e. The van der Waals surface area contributed by atoms with Crippen LogP contribution in [0.2, 0.25) is 0 Å². The molecule has 5 nitrogen and oxygen atoms in total. The van der Waals surface area contributed by atoms with Crippen LogP contribution in [0, 0.1) is 0 Å². The lowest BCUT2D eigenvalue weighted by Crippen LogP contribution is -2.29. The number of carbonyl (C=O) groups is 1. The molecule has 0 N–H and O–H groups in total. The summed E-state index contributed by atoms with van der Waals surface area (Å²) < 4.78 is 9.69. The summed E-state index contributed by atoms with van der Waals surface area (Å²) in [6.07, 6.45) is 3.82. The quantitative estimate of drug-likeness (QED) is 0.666. The molecule has 0 unspecified atom stereocenters. The topological polar surface area (TPSA) is 51.7 Å². The molecule has 0 spiro atoms. The first-order valence-corrected chi connectivity index (χ1v) is 5.48. The van der Waals surface area contributed by atoms with Crippen molar-refractivity contribution in [1.82, 2.24) is 4.98 Å². The van der Waals surface area contributed by atoms with Crippen LogP contribution in [0.1, 0.15) is 6.42 Å². The largest absolute Gasteiger partial charge is 0.469 e. The minimum absolute atomic E-state index is 0.207. The molecule has 1 heterocycles. The van der Waals surface area contributed by atoms with Crippen molar-refractivity contribution in [1.29, 1.82) is 0 Å². The van der Waals surface area contributed by atoms with E-state index in [0.29, 0.717) is 19.6 Å². The maximum absolute atomic E-state index is 11.1. The molecule has 1 rings (SSSR count). The highest BCUT2D eigenvalue weighted by atomic mass is 16.5. The molecule has 0 radical (unpaired) electrons. The second-order valence-corrected chi connectivity index (χ2v) is 3.51. The van der Waals surface area contributed by atoms with E-state index in [9.17, 15) is 4.79 Å². The van der Waals surface area contributed by atoms with Crippen LogP contribution in [0.3, 0.4) is 0 Å². The highest BCUT2D eigenvalue weighted by Gasteiger charge is 2.08. The molecule has 0 aliphatic carbocycles. The molecule has 0 atom stereocenters. The summed E-state index contributed by atoms with van der Waals surface area (Å²) in [6.45, 7) is 1.96. The highest BCUT2D eigenvalue weighted by molar-refractivity contribution is 5.70. The number of ether oxygens (including phenoxy) is 2. The van der Waals surface area contributed by atoms with Crippen LogP contribution in [-0.2, 0) is 14.3 Å². The normalized spacial score (nSPS) is 10.0. The fraction of sp³-hybridized carbons (Fsp3) is 0.500. The molecule has 1 aromatic heterocycles. The van der Waals surface area contributed by atoms with Gasteiger partial charge in [0.05, 0.1) is 20.1 Å². The third kappa shape index (κ3) is 4.82. The van der Waals surface area contributed by atoms with E-state index in [1.807, 2.05) is 12.1 Å². The minimum atomic E-state index is -0.207. The number of aromatic nitrogens is 1. The van der Waals surface area contributed by atoms with Gasteiger partial charge < -0.3 is 14.4 Å². The number of hydrogen-bond donors (Lipinski definition) is 0. The van der Waals surface area contributed by atoms with Crippen LogP contribution in [0.25, 0.3) is 0 Å². The van der Waals surface area contributed by atoms with Gasteiger partial charge in [-0.15, -0.1) is 0 Å².